The van der Waals surface area contributed by atoms with Crippen LogP contribution < -0.4 is 5.73 Å². The summed E-state index contributed by atoms with van der Waals surface area (Å²) >= 11 is 12.0. The van der Waals surface area contributed by atoms with Crippen LogP contribution in [0.15, 0.2) is 28.3 Å². The molecule has 0 heterocycles. The predicted octanol–water partition coefficient (Wildman–Crippen LogP) is 4.57. The highest BCUT2D eigenvalue weighted by atomic mass is 35.5. The van der Waals surface area contributed by atoms with Gasteiger partial charge in [-0.3, -0.25) is 0 Å². The van der Waals surface area contributed by atoms with E-state index in [2.05, 4.69) is 19.9 Å². The Balaban J connectivity index is 2.66. The van der Waals surface area contributed by atoms with E-state index in [0.717, 1.165) is 17.7 Å². The maximum absolute atomic E-state index is 6.05. The Hall–Kier alpha value is -0.660. The van der Waals surface area contributed by atoms with Gasteiger partial charge in [0, 0.05) is 17.5 Å². The number of anilines is 1. The van der Waals surface area contributed by atoms with Gasteiger partial charge in [0.1, 0.15) is 4.49 Å². The Morgan fingerprint density at radius 3 is 2.62 bits per heavy atom. The Labute approximate surface area is 106 Å². The minimum Gasteiger partial charge on any atom is -0.398 e. The van der Waals surface area contributed by atoms with E-state index in [1.165, 1.54) is 11.1 Å². The van der Waals surface area contributed by atoms with E-state index in [0.29, 0.717) is 4.49 Å². The third-order valence-electron chi connectivity index (χ3n) is 3.46. The van der Waals surface area contributed by atoms with Crippen LogP contribution in [0.1, 0.15) is 43.2 Å². The maximum Gasteiger partial charge on any atom is 0.107 e. The Kier molecular flexibility index (Phi) is 3.18. The third kappa shape index (κ3) is 1.63. The first-order valence-electron chi connectivity index (χ1n) is 5.51. The molecule has 0 fully saturated rings. The molecule has 1 aliphatic rings. The predicted molar refractivity (Wildman–Crippen MR) is 71.0 cm³/mol. The lowest BCUT2D eigenvalue weighted by molar-refractivity contribution is 0.752. The highest BCUT2D eigenvalue weighted by Crippen LogP contribution is 2.51. The van der Waals surface area contributed by atoms with Crippen LogP contribution in [0, 0.1) is 0 Å². The zero-order valence-corrected chi connectivity index (χ0v) is 10.9. The van der Waals surface area contributed by atoms with Crippen LogP contribution in [0.3, 0.4) is 0 Å². The lowest BCUT2D eigenvalue weighted by Crippen LogP contribution is -2.00. The Morgan fingerprint density at radius 2 is 2.06 bits per heavy atom. The van der Waals surface area contributed by atoms with Gasteiger partial charge in [0.15, 0.2) is 0 Å². The molecule has 0 amide bonds. The first kappa shape index (κ1) is 11.8. The van der Waals surface area contributed by atoms with E-state index in [1.54, 1.807) is 0 Å². The normalized spacial score (nSPS) is 23.4. The average molecular weight is 256 g/mol. The second-order valence-electron chi connectivity index (χ2n) is 4.25. The van der Waals surface area contributed by atoms with Gasteiger partial charge >= 0.3 is 0 Å². The second kappa shape index (κ2) is 4.31. The van der Waals surface area contributed by atoms with Crippen molar-refractivity contribution >= 4 is 28.9 Å². The number of rotatable bonds is 1. The summed E-state index contributed by atoms with van der Waals surface area (Å²) in [7, 11) is 0. The molecule has 0 aliphatic heterocycles. The van der Waals surface area contributed by atoms with Gasteiger partial charge in [-0.2, -0.15) is 0 Å². The molecule has 1 nitrogen and oxygen atoms in total. The highest BCUT2D eigenvalue weighted by molar-refractivity contribution is 6.56. The van der Waals surface area contributed by atoms with Crippen LogP contribution in [0.5, 0.6) is 0 Å². The molecular formula is C13H15Cl2N. The van der Waals surface area contributed by atoms with Gasteiger partial charge in [0.25, 0.3) is 0 Å². The topological polar surface area (TPSA) is 26.0 Å². The SMILES string of the molecule is CCC1C(=C(Cl)Cl)C(C)c2cccc(N)c21. The quantitative estimate of drug-likeness (QED) is 0.732. The van der Waals surface area contributed by atoms with E-state index in [9.17, 15) is 0 Å². The largest absolute Gasteiger partial charge is 0.398 e. The lowest BCUT2D eigenvalue weighted by Gasteiger charge is -2.14. The van der Waals surface area contributed by atoms with Crippen molar-refractivity contribution in [3.05, 3.63) is 39.4 Å². The molecule has 0 saturated heterocycles. The first-order chi connectivity index (χ1) is 7.57. The number of allylic oxidation sites excluding steroid dienone is 1. The van der Waals surface area contributed by atoms with Gasteiger partial charge in [0.05, 0.1) is 0 Å². The number of fused-ring (bicyclic) bond motifs is 1. The van der Waals surface area contributed by atoms with Gasteiger partial charge in [-0.05, 0) is 29.2 Å². The number of halogens is 2. The fourth-order valence-electron chi connectivity index (χ4n) is 2.73. The van der Waals surface area contributed by atoms with Crippen molar-refractivity contribution in [3.8, 4) is 0 Å². The standard InChI is InChI=1S/C13H15Cl2N/c1-3-8-11(13(14)15)7(2)9-5-4-6-10(16)12(8)9/h4-8H,3,16H2,1-2H3. The van der Waals surface area contributed by atoms with Crippen LogP contribution in [0.25, 0.3) is 0 Å². The zero-order chi connectivity index (χ0) is 11.9. The Morgan fingerprint density at radius 1 is 1.38 bits per heavy atom. The molecule has 0 radical (unpaired) electrons. The van der Waals surface area contributed by atoms with Gasteiger partial charge in [-0.15, -0.1) is 0 Å². The molecule has 2 N–H and O–H groups in total. The van der Waals surface area contributed by atoms with Crippen molar-refractivity contribution < 1.29 is 0 Å². The number of hydrogen-bond acceptors (Lipinski definition) is 1. The van der Waals surface area contributed by atoms with Crippen molar-refractivity contribution in [1.82, 2.24) is 0 Å². The molecule has 1 aromatic carbocycles. The highest BCUT2D eigenvalue weighted by Gasteiger charge is 2.35. The summed E-state index contributed by atoms with van der Waals surface area (Å²) in [6, 6.07) is 6.05. The Bertz CT molecular complexity index is 447. The molecule has 86 valence electrons. The summed E-state index contributed by atoms with van der Waals surface area (Å²) in [5.74, 6) is 0.546. The lowest BCUT2D eigenvalue weighted by atomic mass is 9.93. The molecule has 2 rings (SSSR count). The van der Waals surface area contributed by atoms with E-state index < -0.39 is 0 Å². The summed E-state index contributed by atoms with van der Waals surface area (Å²) in [6.45, 7) is 4.27. The fourth-order valence-corrected chi connectivity index (χ4v) is 3.32. The van der Waals surface area contributed by atoms with Crippen LogP contribution >= 0.6 is 23.2 Å². The van der Waals surface area contributed by atoms with Crippen molar-refractivity contribution in [2.75, 3.05) is 5.73 Å². The summed E-state index contributed by atoms with van der Waals surface area (Å²) in [5, 5.41) is 0. The zero-order valence-electron chi connectivity index (χ0n) is 9.43. The summed E-state index contributed by atoms with van der Waals surface area (Å²) < 4.78 is 0.398. The van der Waals surface area contributed by atoms with Crippen molar-refractivity contribution in [2.45, 2.75) is 32.1 Å². The molecule has 16 heavy (non-hydrogen) atoms. The average Bonchev–Trinajstić information content (AvgIpc) is 2.53. The molecule has 1 aromatic rings. The van der Waals surface area contributed by atoms with Gasteiger partial charge in [-0.25, -0.2) is 0 Å². The van der Waals surface area contributed by atoms with E-state index >= 15 is 0 Å². The summed E-state index contributed by atoms with van der Waals surface area (Å²) in [4.78, 5) is 0. The molecule has 2 atom stereocenters. The van der Waals surface area contributed by atoms with Crippen LogP contribution in [0.2, 0.25) is 0 Å². The van der Waals surface area contributed by atoms with Gasteiger partial charge < -0.3 is 5.73 Å². The smallest absolute Gasteiger partial charge is 0.107 e. The van der Waals surface area contributed by atoms with Gasteiger partial charge in [0.2, 0.25) is 0 Å². The minimum absolute atomic E-state index is 0.272. The number of nitrogen functional groups attached to an aromatic ring is 1. The van der Waals surface area contributed by atoms with Crippen LogP contribution in [-0.2, 0) is 0 Å². The molecule has 0 saturated carbocycles. The number of benzene rings is 1. The summed E-state index contributed by atoms with van der Waals surface area (Å²) in [5.41, 5.74) is 10.5. The van der Waals surface area contributed by atoms with Crippen molar-refractivity contribution in [2.24, 2.45) is 0 Å². The van der Waals surface area contributed by atoms with Crippen LogP contribution in [-0.4, -0.2) is 0 Å². The monoisotopic (exact) mass is 255 g/mol. The molecule has 3 heteroatoms. The van der Waals surface area contributed by atoms with Crippen LogP contribution in [0.4, 0.5) is 5.69 Å². The third-order valence-corrected chi connectivity index (χ3v) is 3.89. The minimum atomic E-state index is 0.272. The van der Waals surface area contributed by atoms with E-state index in [-0.39, 0.29) is 11.8 Å². The first-order valence-corrected chi connectivity index (χ1v) is 6.26. The van der Waals surface area contributed by atoms with Crippen molar-refractivity contribution in [3.63, 3.8) is 0 Å². The molecular weight excluding hydrogens is 241 g/mol. The molecule has 0 aromatic heterocycles. The number of nitrogens with two attached hydrogens (primary N) is 1. The molecule has 1 aliphatic carbocycles. The molecule has 0 spiro atoms. The maximum atomic E-state index is 6.05. The van der Waals surface area contributed by atoms with E-state index in [1.807, 2.05) is 12.1 Å². The van der Waals surface area contributed by atoms with Crippen molar-refractivity contribution in [1.29, 1.82) is 0 Å². The fraction of sp³-hybridized carbons (Fsp3) is 0.385. The summed E-state index contributed by atoms with van der Waals surface area (Å²) in [6.07, 6.45) is 0.976. The van der Waals surface area contributed by atoms with Gasteiger partial charge in [-0.1, -0.05) is 49.2 Å². The number of hydrogen-bond donors (Lipinski definition) is 1. The second-order valence-corrected chi connectivity index (χ2v) is 5.20. The van der Waals surface area contributed by atoms with E-state index in [4.69, 9.17) is 28.9 Å². The molecule has 0 bridgehead atoms. The molecule has 2 unspecified atom stereocenters.